The van der Waals surface area contributed by atoms with Crippen LogP contribution in [0.2, 0.25) is 0 Å². The Kier molecular flexibility index (Phi) is 8.38. The van der Waals surface area contributed by atoms with Crippen molar-refractivity contribution in [2.75, 3.05) is 53.0 Å². The summed E-state index contributed by atoms with van der Waals surface area (Å²) in [6, 6.07) is 9.55. The molecule has 3 heterocycles. The molecule has 3 saturated heterocycles. The first-order chi connectivity index (χ1) is 16.3. The van der Waals surface area contributed by atoms with Gasteiger partial charge in [0.1, 0.15) is 11.4 Å². The Morgan fingerprint density at radius 2 is 1.91 bits per heavy atom. The van der Waals surface area contributed by atoms with Gasteiger partial charge in [0.15, 0.2) is 0 Å². The van der Waals surface area contributed by atoms with Gasteiger partial charge in [-0.1, -0.05) is 12.1 Å². The van der Waals surface area contributed by atoms with E-state index >= 15 is 0 Å². The van der Waals surface area contributed by atoms with E-state index in [1.54, 1.807) is 7.11 Å². The minimum atomic E-state index is -0.444. The summed E-state index contributed by atoms with van der Waals surface area (Å²) < 4.78 is 17.2. The van der Waals surface area contributed by atoms with Crippen LogP contribution in [0.4, 0.5) is 4.79 Å². The number of carbonyl (C=O) groups is 1. The first kappa shape index (κ1) is 25.3. The normalized spacial score (nSPS) is 26.4. The van der Waals surface area contributed by atoms with Gasteiger partial charge in [-0.05, 0) is 70.7 Å². The van der Waals surface area contributed by atoms with E-state index in [0.29, 0.717) is 18.0 Å². The van der Waals surface area contributed by atoms with Crippen LogP contribution in [-0.4, -0.2) is 91.5 Å². The SMILES string of the molecule is COCC1CCCN1Cc1cccc(OC[C@@H]2CC[C@H]3CN(C(=O)OC(C)(C)C)CCN3C2)c1. The van der Waals surface area contributed by atoms with Crippen LogP contribution in [-0.2, 0) is 16.0 Å². The van der Waals surface area contributed by atoms with Crippen LogP contribution in [0.3, 0.4) is 0 Å². The highest BCUT2D eigenvalue weighted by Gasteiger charge is 2.36. The van der Waals surface area contributed by atoms with Crippen LogP contribution in [0.25, 0.3) is 0 Å². The maximum Gasteiger partial charge on any atom is 0.410 e. The number of benzene rings is 1. The first-order valence-electron chi connectivity index (χ1n) is 13.0. The highest BCUT2D eigenvalue weighted by Crippen LogP contribution is 2.27. The van der Waals surface area contributed by atoms with Gasteiger partial charge in [-0.3, -0.25) is 9.80 Å². The number of amides is 1. The van der Waals surface area contributed by atoms with Crippen LogP contribution >= 0.6 is 0 Å². The maximum atomic E-state index is 12.5. The second-order valence-electron chi connectivity index (χ2n) is 11.2. The molecule has 7 heteroatoms. The molecule has 0 aromatic heterocycles. The van der Waals surface area contributed by atoms with Crippen molar-refractivity contribution in [2.45, 2.75) is 70.7 Å². The summed E-state index contributed by atoms with van der Waals surface area (Å²) in [6.45, 7) is 12.9. The number of ether oxygens (including phenoxy) is 3. The van der Waals surface area contributed by atoms with E-state index in [0.717, 1.165) is 71.1 Å². The van der Waals surface area contributed by atoms with Crippen LogP contribution in [0.15, 0.2) is 24.3 Å². The number of nitrogens with zero attached hydrogens (tertiary/aromatic N) is 3. The third-order valence-electron chi connectivity index (χ3n) is 7.29. The molecule has 190 valence electrons. The minimum absolute atomic E-state index is 0.181. The first-order valence-corrected chi connectivity index (χ1v) is 13.0. The van der Waals surface area contributed by atoms with Crippen molar-refractivity contribution < 1.29 is 19.0 Å². The molecule has 1 unspecified atom stereocenters. The van der Waals surface area contributed by atoms with Crippen LogP contribution < -0.4 is 4.74 Å². The summed E-state index contributed by atoms with van der Waals surface area (Å²) in [4.78, 5) is 19.4. The predicted octanol–water partition coefficient (Wildman–Crippen LogP) is 4.01. The number of piperazine rings is 1. The molecule has 0 bridgehead atoms. The number of rotatable bonds is 7. The van der Waals surface area contributed by atoms with E-state index in [9.17, 15) is 4.79 Å². The third kappa shape index (κ3) is 6.86. The standard InChI is InChI=1S/C27H43N3O4/c1-27(2,3)34-26(31)30-14-13-29-17-22(10-11-23(29)18-30)19-33-25-9-5-7-21(15-25)16-28-12-6-8-24(28)20-32-4/h5,7,9,15,22-24H,6,8,10-14,16-20H2,1-4H3/t22-,23+,24?/m1/s1. The van der Waals surface area contributed by atoms with Crippen molar-refractivity contribution in [3.63, 3.8) is 0 Å². The van der Waals surface area contributed by atoms with Crippen molar-refractivity contribution in [3.05, 3.63) is 29.8 Å². The average molecular weight is 474 g/mol. The molecule has 3 aliphatic rings. The lowest BCUT2D eigenvalue weighted by Crippen LogP contribution is -2.58. The number of hydrogen-bond donors (Lipinski definition) is 0. The summed E-state index contributed by atoms with van der Waals surface area (Å²) >= 11 is 0. The molecule has 4 rings (SSSR count). The number of carbonyl (C=O) groups excluding carboxylic acids is 1. The number of methoxy groups -OCH3 is 1. The van der Waals surface area contributed by atoms with Crippen LogP contribution in [0, 0.1) is 5.92 Å². The van der Waals surface area contributed by atoms with Gasteiger partial charge in [0.05, 0.1) is 13.2 Å². The number of hydrogen-bond acceptors (Lipinski definition) is 6. The fourth-order valence-electron chi connectivity index (χ4n) is 5.55. The lowest BCUT2D eigenvalue weighted by atomic mass is 9.91. The van der Waals surface area contributed by atoms with Crippen molar-refractivity contribution in [3.8, 4) is 5.75 Å². The molecule has 0 saturated carbocycles. The predicted molar refractivity (Wildman–Crippen MR) is 133 cm³/mol. The monoisotopic (exact) mass is 473 g/mol. The Labute approximate surface area is 205 Å². The second-order valence-corrected chi connectivity index (χ2v) is 11.2. The summed E-state index contributed by atoms with van der Waals surface area (Å²) in [7, 11) is 1.79. The van der Waals surface area contributed by atoms with Crippen molar-refractivity contribution >= 4 is 6.09 Å². The van der Waals surface area contributed by atoms with Gasteiger partial charge in [-0.2, -0.15) is 0 Å². The smallest absolute Gasteiger partial charge is 0.410 e. The largest absolute Gasteiger partial charge is 0.493 e. The zero-order chi connectivity index (χ0) is 24.1. The number of piperidine rings is 1. The Bertz CT molecular complexity index is 811. The molecule has 0 N–H and O–H groups in total. The molecule has 0 spiro atoms. The van der Waals surface area contributed by atoms with Gasteiger partial charge >= 0.3 is 6.09 Å². The van der Waals surface area contributed by atoms with Crippen molar-refractivity contribution in [1.29, 1.82) is 0 Å². The molecule has 7 nitrogen and oxygen atoms in total. The zero-order valence-corrected chi connectivity index (χ0v) is 21.5. The van der Waals surface area contributed by atoms with Crippen LogP contribution in [0.5, 0.6) is 5.75 Å². The highest BCUT2D eigenvalue weighted by atomic mass is 16.6. The van der Waals surface area contributed by atoms with Gasteiger partial charge in [0, 0.05) is 57.8 Å². The second kappa shape index (κ2) is 11.3. The lowest BCUT2D eigenvalue weighted by Gasteiger charge is -2.46. The molecule has 1 aromatic carbocycles. The molecule has 1 amide bonds. The molecular weight excluding hydrogens is 430 g/mol. The van der Waals surface area contributed by atoms with E-state index in [4.69, 9.17) is 14.2 Å². The zero-order valence-electron chi connectivity index (χ0n) is 21.5. The van der Waals surface area contributed by atoms with Crippen molar-refractivity contribution in [2.24, 2.45) is 5.92 Å². The average Bonchev–Trinajstić information content (AvgIpc) is 3.23. The fraction of sp³-hybridized carbons (Fsp3) is 0.741. The fourth-order valence-corrected chi connectivity index (χ4v) is 5.55. The van der Waals surface area contributed by atoms with E-state index in [1.807, 2.05) is 25.7 Å². The summed E-state index contributed by atoms with van der Waals surface area (Å²) in [5.74, 6) is 1.49. The van der Waals surface area contributed by atoms with Gasteiger partial charge < -0.3 is 19.1 Å². The Morgan fingerprint density at radius 3 is 2.71 bits per heavy atom. The van der Waals surface area contributed by atoms with E-state index in [2.05, 4.69) is 34.1 Å². The summed E-state index contributed by atoms with van der Waals surface area (Å²) in [6.07, 6.45) is 4.52. The molecule has 0 radical (unpaired) electrons. The lowest BCUT2D eigenvalue weighted by molar-refractivity contribution is -0.0122. The van der Waals surface area contributed by atoms with E-state index < -0.39 is 5.60 Å². The minimum Gasteiger partial charge on any atom is -0.493 e. The van der Waals surface area contributed by atoms with Crippen molar-refractivity contribution in [1.82, 2.24) is 14.7 Å². The van der Waals surface area contributed by atoms with E-state index in [1.165, 1.54) is 18.4 Å². The summed E-state index contributed by atoms with van der Waals surface area (Å²) in [5.41, 5.74) is 0.864. The molecule has 3 fully saturated rings. The quantitative estimate of drug-likeness (QED) is 0.597. The molecule has 34 heavy (non-hydrogen) atoms. The number of likely N-dealkylation sites (tertiary alicyclic amines) is 1. The van der Waals surface area contributed by atoms with Gasteiger partial charge in [0.2, 0.25) is 0 Å². The highest BCUT2D eigenvalue weighted by molar-refractivity contribution is 5.68. The van der Waals surface area contributed by atoms with Gasteiger partial charge in [-0.15, -0.1) is 0 Å². The topological polar surface area (TPSA) is 54.5 Å². The Morgan fingerprint density at radius 1 is 1.06 bits per heavy atom. The molecular formula is C27H43N3O4. The molecule has 3 aliphatic heterocycles. The molecule has 1 aromatic rings. The summed E-state index contributed by atoms with van der Waals surface area (Å²) in [5, 5.41) is 0. The van der Waals surface area contributed by atoms with Crippen LogP contribution in [0.1, 0.15) is 52.0 Å². The van der Waals surface area contributed by atoms with Gasteiger partial charge in [-0.25, -0.2) is 4.79 Å². The third-order valence-corrected chi connectivity index (χ3v) is 7.29. The molecule has 3 atom stereocenters. The maximum absolute atomic E-state index is 12.5. The Balaban J connectivity index is 1.23. The van der Waals surface area contributed by atoms with Gasteiger partial charge in [0.25, 0.3) is 0 Å². The van der Waals surface area contributed by atoms with E-state index in [-0.39, 0.29) is 6.09 Å². The number of fused-ring (bicyclic) bond motifs is 1. The Hall–Kier alpha value is -1.83. The molecule has 0 aliphatic carbocycles.